The van der Waals surface area contributed by atoms with E-state index in [2.05, 4.69) is 31.6 Å². The van der Waals surface area contributed by atoms with Gasteiger partial charge in [0.1, 0.15) is 23.0 Å². The maximum atomic E-state index is 12.9. The molecule has 49 heavy (non-hydrogen) atoms. The van der Waals surface area contributed by atoms with Crippen LogP contribution in [0.25, 0.3) is 0 Å². The molecule has 0 radical (unpaired) electrons. The van der Waals surface area contributed by atoms with Crippen molar-refractivity contribution >= 4 is 23.9 Å². The molecular formula is C39H30O10. The Balaban J connectivity index is 1.41. The molecule has 4 aromatic rings. The van der Waals surface area contributed by atoms with E-state index in [1.165, 1.54) is 73.7 Å². The molecule has 0 aliphatic heterocycles. The van der Waals surface area contributed by atoms with Gasteiger partial charge < -0.3 is 28.8 Å². The van der Waals surface area contributed by atoms with Gasteiger partial charge in [-0.1, -0.05) is 31.6 Å². The third kappa shape index (κ3) is 10.1. The minimum Gasteiger partial charge on any atom is -0.461 e. The Morgan fingerprint density at radius 1 is 0.673 bits per heavy atom. The predicted octanol–water partition coefficient (Wildman–Crippen LogP) is 6.43. The van der Waals surface area contributed by atoms with Crippen LogP contribution in [0.15, 0.2) is 128 Å². The highest BCUT2D eigenvalue weighted by Crippen LogP contribution is 2.27. The average Bonchev–Trinajstić information content (AvgIpc) is 3.09. The second-order valence-corrected chi connectivity index (χ2v) is 10.4. The Morgan fingerprint density at radius 2 is 1.20 bits per heavy atom. The SMILES string of the molecule is C=CC(=O)Oc1cc(OC(=O)c2ccc(OC(O)c3ccc(OC(=O)C(=C)C)cc3)cc2)ccc1C#Cc1ccc(OC(=O)C(=C)C)cc1. The Labute approximate surface area is 282 Å². The highest BCUT2D eigenvalue weighted by molar-refractivity contribution is 5.91. The van der Waals surface area contributed by atoms with E-state index in [1.807, 2.05) is 0 Å². The zero-order valence-corrected chi connectivity index (χ0v) is 26.6. The summed E-state index contributed by atoms with van der Waals surface area (Å²) in [5.74, 6) is 4.31. The molecule has 0 amide bonds. The molecular weight excluding hydrogens is 628 g/mol. The number of aliphatic hydroxyl groups is 1. The predicted molar refractivity (Wildman–Crippen MR) is 179 cm³/mol. The van der Waals surface area contributed by atoms with E-state index < -0.39 is 30.2 Å². The number of carbonyl (C=O) groups excluding carboxylic acids is 4. The van der Waals surface area contributed by atoms with Gasteiger partial charge in [-0.3, -0.25) is 0 Å². The lowest BCUT2D eigenvalue weighted by Crippen LogP contribution is -2.10. The van der Waals surface area contributed by atoms with Gasteiger partial charge in [0.05, 0.1) is 11.1 Å². The van der Waals surface area contributed by atoms with Crippen LogP contribution in [0.5, 0.6) is 28.7 Å². The molecule has 0 saturated heterocycles. The minimum atomic E-state index is -1.34. The molecule has 0 aliphatic carbocycles. The van der Waals surface area contributed by atoms with Gasteiger partial charge in [0.25, 0.3) is 0 Å². The number of hydrogen-bond acceptors (Lipinski definition) is 10. The van der Waals surface area contributed by atoms with E-state index >= 15 is 0 Å². The van der Waals surface area contributed by atoms with Gasteiger partial charge in [0, 0.05) is 34.4 Å². The summed E-state index contributed by atoms with van der Waals surface area (Å²) >= 11 is 0. The molecule has 0 bridgehead atoms. The van der Waals surface area contributed by atoms with E-state index in [-0.39, 0.29) is 39.7 Å². The Kier molecular flexibility index (Phi) is 11.6. The van der Waals surface area contributed by atoms with Crippen LogP contribution in [0.1, 0.15) is 47.2 Å². The summed E-state index contributed by atoms with van der Waals surface area (Å²) in [5.41, 5.74) is 2.02. The average molecular weight is 659 g/mol. The fourth-order valence-corrected chi connectivity index (χ4v) is 3.77. The van der Waals surface area contributed by atoms with Crippen LogP contribution in [0.2, 0.25) is 0 Å². The fourth-order valence-electron chi connectivity index (χ4n) is 3.77. The van der Waals surface area contributed by atoms with Crippen molar-refractivity contribution in [3.8, 4) is 40.6 Å². The molecule has 1 N–H and O–H groups in total. The van der Waals surface area contributed by atoms with Crippen molar-refractivity contribution in [1.29, 1.82) is 0 Å². The van der Waals surface area contributed by atoms with Crippen LogP contribution >= 0.6 is 0 Å². The molecule has 4 rings (SSSR count). The van der Waals surface area contributed by atoms with Crippen molar-refractivity contribution in [2.24, 2.45) is 0 Å². The molecule has 0 aromatic heterocycles. The summed E-state index contributed by atoms with van der Waals surface area (Å²) in [7, 11) is 0. The minimum absolute atomic E-state index is 0.0365. The molecule has 0 fully saturated rings. The first-order chi connectivity index (χ1) is 23.4. The second-order valence-electron chi connectivity index (χ2n) is 10.4. The monoisotopic (exact) mass is 658 g/mol. The van der Waals surface area contributed by atoms with Crippen molar-refractivity contribution in [2.45, 2.75) is 20.1 Å². The van der Waals surface area contributed by atoms with E-state index in [9.17, 15) is 24.3 Å². The number of rotatable bonds is 11. The van der Waals surface area contributed by atoms with Crippen LogP contribution in [-0.4, -0.2) is 29.0 Å². The van der Waals surface area contributed by atoms with Crippen molar-refractivity contribution in [1.82, 2.24) is 0 Å². The zero-order valence-electron chi connectivity index (χ0n) is 26.6. The highest BCUT2D eigenvalue weighted by Gasteiger charge is 2.15. The van der Waals surface area contributed by atoms with Crippen LogP contribution < -0.4 is 23.7 Å². The van der Waals surface area contributed by atoms with Crippen LogP contribution in [-0.2, 0) is 14.4 Å². The third-order valence-corrected chi connectivity index (χ3v) is 6.36. The highest BCUT2D eigenvalue weighted by atomic mass is 16.6. The van der Waals surface area contributed by atoms with Gasteiger partial charge >= 0.3 is 23.9 Å². The van der Waals surface area contributed by atoms with Crippen LogP contribution in [0.4, 0.5) is 0 Å². The first-order valence-corrected chi connectivity index (χ1v) is 14.5. The van der Waals surface area contributed by atoms with E-state index in [0.717, 1.165) is 6.08 Å². The van der Waals surface area contributed by atoms with Crippen molar-refractivity contribution in [2.75, 3.05) is 0 Å². The quantitative estimate of drug-likeness (QED) is 0.0632. The van der Waals surface area contributed by atoms with Crippen molar-refractivity contribution in [3.05, 3.63) is 150 Å². The summed E-state index contributed by atoms with van der Waals surface area (Å²) in [6.07, 6.45) is -0.356. The molecule has 10 nitrogen and oxygen atoms in total. The lowest BCUT2D eigenvalue weighted by Gasteiger charge is -2.14. The summed E-state index contributed by atoms with van der Waals surface area (Å²) < 4.78 is 26.7. The van der Waals surface area contributed by atoms with Crippen molar-refractivity contribution < 1.29 is 48.0 Å². The smallest absolute Gasteiger partial charge is 0.343 e. The lowest BCUT2D eigenvalue weighted by atomic mass is 10.1. The van der Waals surface area contributed by atoms with Gasteiger partial charge in [-0.25, -0.2) is 19.2 Å². The van der Waals surface area contributed by atoms with Gasteiger partial charge in [-0.15, -0.1) is 0 Å². The largest absolute Gasteiger partial charge is 0.461 e. The van der Waals surface area contributed by atoms with Gasteiger partial charge in [0.2, 0.25) is 6.29 Å². The summed E-state index contributed by atoms with van der Waals surface area (Å²) in [6, 6.07) is 22.8. The molecule has 10 heteroatoms. The second kappa shape index (κ2) is 16.2. The Hall–Kier alpha value is -6.70. The number of esters is 4. The molecule has 0 aliphatic rings. The van der Waals surface area contributed by atoms with Gasteiger partial charge in [0.15, 0.2) is 5.75 Å². The normalized spacial score (nSPS) is 10.7. The Morgan fingerprint density at radius 3 is 1.76 bits per heavy atom. The first kappa shape index (κ1) is 35.2. The van der Waals surface area contributed by atoms with E-state index in [1.54, 1.807) is 31.2 Å². The number of benzene rings is 4. The summed E-state index contributed by atoms with van der Waals surface area (Å²) in [4.78, 5) is 48.3. The molecule has 1 unspecified atom stereocenters. The standard InChI is InChI=1S/C39H30O10/c1-6-35(40)49-34-23-33(22-11-27(34)10-7-26-8-16-30(17-9-26)45-36(41)24(2)3)48-39(44)29-14-20-32(21-15-29)47-38(43)28-12-18-31(19-13-28)46-37(42)25(4)5/h6,8-9,11-23,38,43H,1-2,4H2,3,5H3. The molecule has 0 heterocycles. The molecule has 1 atom stereocenters. The Bertz CT molecular complexity index is 1980. The van der Waals surface area contributed by atoms with Crippen molar-refractivity contribution in [3.63, 3.8) is 0 Å². The number of hydrogen-bond donors (Lipinski definition) is 1. The topological polar surface area (TPSA) is 135 Å². The summed E-state index contributed by atoms with van der Waals surface area (Å²) in [6.45, 7) is 13.6. The molecule has 0 saturated carbocycles. The maximum Gasteiger partial charge on any atom is 0.343 e. The van der Waals surface area contributed by atoms with Crippen LogP contribution in [0, 0.1) is 11.8 Å². The molecule has 4 aromatic carbocycles. The number of carbonyl (C=O) groups is 4. The summed E-state index contributed by atoms with van der Waals surface area (Å²) in [5, 5.41) is 10.5. The van der Waals surface area contributed by atoms with Gasteiger partial charge in [-0.2, -0.15) is 0 Å². The fraction of sp³-hybridized carbons (Fsp3) is 0.0769. The lowest BCUT2D eigenvalue weighted by molar-refractivity contribution is -0.130. The zero-order chi connectivity index (χ0) is 35.5. The molecule has 246 valence electrons. The third-order valence-electron chi connectivity index (χ3n) is 6.36. The van der Waals surface area contributed by atoms with Gasteiger partial charge in [-0.05, 0) is 98.8 Å². The van der Waals surface area contributed by atoms with E-state index in [0.29, 0.717) is 22.4 Å². The van der Waals surface area contributed by atoms with E-state index in [4.69, 9.17) is 23.7 Å². The first-order valence-electron chi connectivity index (χ1n) is 14.5. The number of aliphatic hydroxyl groups excluding tert-OH is 1. The maximum absolute atomic E-state index is 12.9. The van der Waals surface area contributed by atoms with Crippen LogP contribution in [0.3, 0.4) is 0 Å². The number of ether oxygens (including phenoxy) is 5. The molecule has 0 spiro atoms.